The predicted octanol–water partition coefficient (Wildman–Crippen LogP) is 2.52. The lowest BCUT2D eigenvalue weighted by Crippen LogP contribution is -2.20. The number of hydrogen-bond donors (Lipinski definition) is 0. The van der Waals surface area contributed by atoms with Crippen molar-refractivity contribution < 1.29 is 4.79 Å². The summed E-state index contributed by atoms with van der Waals surface area (Å²) < 4.78 is 1.80. The highest BCUT2D eigenvalue weighted by Gasteiger charge is 2.31. The lowest BCUT2D eigenvalue weighted by Gasteiger charge is -2.14. The molecule has 0 aromatic carbocycles. The molecule has 0 radical (unpaired) electrons. The number of Topliss-reactive ketones (excluding diaryl/α,β-unsaturated/α-hetero) is 1. The minimum absolute atomic E-state index is 0.229. The first-order valence-corrected chi connectivity index (χ1v) is 5.80. The Morgan fingerprint density at radius 3 is 3.00 bits per heavy atom. The Labute approximate surface area is 90.5 Å². The van der Waals surface area contributed by atoms with Crippen LogP contribution >= 0.6 is 0 Å². The molecule has 1 heterocycles. The Kier molecular flexibility index (Phi) is 2.89. The normalized spacial score (nSPS) is 25.7. The van der Waals surface area contributed by atoms with Gasteiger partial charge >= 0.3 is 0 Å². The average Bonchev–Trinajstić information content (AvgIpc) is 2.84. The van der Waals surface area contributed by atoms with E-state index in [0.29, 0.717) is 11.7 Å². The topological polar surface area (TPSA) is 34.9 Å². The third-order valence-corrected chi connectivity index (χ3v) is 3.47. The fourth-order valence-electron chi connectivity index (χ4n) is 2.52. The van der Waals surface area contributed by atoms with E-state index in [4.69, 9.17) is 0 Å². The van der Waals surface area contributed by atoms with Crippen LogP contribution in [0.3, 0.4) is 0 Å². The Bertz CT molecular complexity index is 356. The molecule has 2 unspecified atom stereocenters. The van der Waals surface area contributed by atoms with E-state index < -0.39 is 0 Å². The highest BCUT2D eigenvalue weighted by Crippen LogP contribution is 2.33. The smallest absolute Gasteiger partial charge is 0.184 e. The zero-order valence-electron chi connectivity index (χ0n) is 9.44. The summed E-state index contributed by atoms with van der Waals surface area (Å²) in [5, 5.41) is 4.15. The van der Waals surface area contributed by atoms with Crippen molar-refractivity contribution in [3.63, 3.8) is 0 Å². The van der Waals surface area contributed by atoms with Crippen LogP contribution in [0.4, 0.5) is 0 Å². The molecule has 1 aliphatic carbocycles. The van der Waals surface area contributed by atoms with Crippen LogP contribution in [0.2, 0.25) is 0 Å². The van der Waals surface area contributed by atoms with Crippen LogP contribution in [0.25, 0.3) is 0 Å². The molecule has 0 spiro atoms. The van der Waals surface area contributed by atoms with Gasteiger partial charge in [-0.15, -0.1) is 0 Å². The fraction of sp³-hybridized carbons (Fsp3) is 0.667. The van der Waals surface area contributed by atoms with E-state index in [2.05, 4.69) is 12.0 Å². The number of aryl methyl sites for hydroxylation is 1. The van der Waals surface area contributed by atoms with E-state index in [1.807, 2.05) is 13.0 Å². The van der Waals surface area contributed by atoms with Crippen LogP contribution in [0, 0.1) is 11.8 Å². The van der Waals surface area contributed by atoms with Gasteiger partial charge in [-0.25, -0.2) is 0 Å². The van der Waals surface area contributed by atoms with Crippen molar-refractivity contribution in [3.05, 3.63) is 18.0 Å². The summed E-state index contributed by atoms with van der Waals surface area (Å²) >= 11 is 0. The van der Waals surface area contributed by atoms with Crippen molar-refractivity contribution in [2.75, 3.05) is 0 Å². The van der Waals surface area contributed by atoms with E-state index in [0.717, 1.165) is 18.7 Å². The number of nitrogens with zero attached hydrogens (tertiary/aromatic N) is 2. The number of rotatable bonds is 3. The van der Waals surface area contributed by atoms with Gasteiger partial charge in [-0.1, -0.05) is 13.3 Å². The first-order chi connectivity index (χ1) is 7.24. The van der Waals surface area contributed by atoms with Crippen molar-refractivity contribution in [2.24, 2.45) is 11.8 Å². The summed E-state index contributed by atoms with van der Waals surface area (Å²) in [5.74, 6) is 1.06. The zero-order chi connectivity index (χ0) is 10.8. The van der Waals surface area contributed by atoms with Crippen molar-refractivity contribution >= 4 is 5.78 Å². The summed E-state index contributed by atoms with van der Waals surface area (Å²) in [6.07, 6.45) is 5.15. The summed E-state index contributed by atoms with van der Waals surface area (Å²) in [5.41, 5.74) is 0.788. The minimum Gasteiger partial charge on any atom is -0.292 e. The molecule has 2 atom stereocenters. The summed E-state index contributed by atoms with van der Waals surface area (Å²) in [6.45, 7) is 4.97. The first kappa shape index (κ1) is 10.4. The summed E-state index contributed by atoms with van der Waals surface area (Å²) in [7, 11) is 0. The van der Waals surface area contributed by atoms with E-state index in [1.165, 1.54) is 12.8 Å². The number of aromatic nitrogens is 2. The van der Waals surface area contributed by atoms with Gasteiger partial charge in [0.25, 0.3) is 0 Å². The van der Waals surface area contributed by atoms with E-state index in [9.17, 15) is 4.79 Å². The maximum Gasteiger partial charge on any atom is 0.184 e. The van der Waals surface area contributed by atoms with Gasteiger partial charge in [0.1, 0.15) is 5.69 Å². The predicted molar refractivity (Wildman–Crippen MR) is 58.7 cm³/mol. The molecular formula is C12H18N2O. The van der Waals surface area contributed by atoms with Gasteiger partial charge in [-0.05, 0) is 31.7 Å². The largest absolute Gasteiger partial charge is 0.292 e. The molecule has 0 saturated heterocycles. The van der Waals surface area contributed by atoms with Crippen LogP contribution in [-0.4, -0.2) is 15.6 Å². The number of carbonyl (C=O) groups excluding carboxylic acids is 1. The van der Waals surface area contributed by atoms with Gasteiger partial charge in [-0.3, -0.25) is 9.48 Å². The highest BCUT2D eigenvalue weighted by molar-refractivity contribution is 5.96. The zero-order valence-corrected chi connectivity index (χ0v) is 9.44. The Hall–Kier alpha value is -1.12. The lowest BCUT2D eigenvalue weighted by atomic mass is 9.92. The van der Waals surface area contributed by atoms with Crippen LogP contribution in [0.15, 0.2) is 12.3 Å². The second-order valence-electron chi connectivity index (χ2n) is 4.41. The molecule has 2 rings (SSSR count). The van der Waals surface area contributed by atoms with Crippen LogP contribution in [0.1, 0.15) is 43.6 Å². The van der Waals surface area contributed by atoms with Gasteiger partial charge < -0.3 is 0 Å². The maximum atomic E-state index is 12.2. The fourth-order valence-corrected chi connectivity index (χ4v) is 2.52. The van der Waals surface area contributed by atoms with Crippen LogP contribution in [-0.2, 0) is 6.54 Å². The van der Waals surface area contributed by atoms with E-state index in [-0.39, 0.29) is 5.92 Å². The van der Waals surface area contributed by atoms with Crippen LogP contribution < -0.4 is 0 Å². The maximum absolute atomic E-state index is 12.2. The van der Waals surface area contributed by atoms with Gasteiger partial charge in [0, 0.05) is 18.7 Å². The second-order valence-corrected chi connectivity index (χ2v) is 4.41. The number of hydrogen-bond acceptors (Lipinski definition) is 2. The molecule has 1 aromatic heterocycles. The highest BCUT2D eigenvalue weighted by atomic mass is 16.1. The average molecular weight is 206 g/mol. The van der Waals surface area contributed by atoms with Crippen LogP contribution in [0.5, 0.6) is 0 Å². The molecule has 1 aliphatic rings. The molecule has 82 valence electrons. The van der Waals surface area contributed by atoms with E-state index in [1.54, 1.807) is 10.9 Å². The third-order valence-electron chi connectivity index (χ3n) is 3.47. The monoisotopic (exact) mass is 206 g/mol. The van der Waals surface area contributed by atoms with Gasteiger partial charge in [0.2, 0.25) is 0 Å². The molecule has 1 fully saturated rings. The molecule has 0 N–H and O–H groups in total. The molecule has 3 nitrogen and oxygen atoms in total. The molecule has 0 aliphatic heterocycles. The molecule has 15 heavy (non-hydrogen) atoms. The SMILES string of the molecule is CCn1nccc1C(=O)C1CCCC1C. The standard InChI is InChI=1S/C12H18N2O/c1-3-14-11(7-8-13-14)12(15)10-6-4-5-9(10)2/h7-10H,3-6H2,1-2H3. The minimum atomic E-state index is 0.229. The molecule has 0 bridgehead atoms. The molecular weight excluding hydrogens is 188 g/mol. The number of carbonyl (C=O) groups is 1. The molecule has 0 amide bonds. The Morgan fingerprint density at radius 2 is 2.40 bits per heavy atom. The molecule has 3 heteroatoms. The Balaban J connectivity index is 2.20. The summed E-state index contributed by atoms with van der Waals surface area (Å²) in [6, 6.07) is 1.84. The van der Waals surface area contributed by atoms with E-state index >= 15 is 0 Å². The third kappa shape index (κ3) is 1.83. The quantitative estimate of drug-likeness (QED) is 0.712. The first-order valence-electron chi connectivity index (χ1n) is 5.80. The van der Waals surface area contributed by atoms with Gasteiger partial charge in [0.15, 0.2) is 5.78 Å². The van der Waals surface area contributed by atoms with Crippen molar-refractivity contribution in [1.82, 2.24) is 9.78 Å². The van der Waals surface area contributed by atoms with Gasteiger partial charge in [-0.2, -0.15) is 5.10 Å². The number of ketones is 1. The molecule has 1 aromatic rings. The van der Waals surface area contributed by atoms with Gasteiger partial charge in [0.05, 0.1) is 0 Å². The van der Waals surface area contributed by atoms with Crippen molar-refractivity contribution in [3.8, 4) is 0 Å². The molecule has 1 saturated carbocycles. The summed E-state index contributed by atoms with van der Waals surface area (Å²) in [4.78, 5) is 12.2. The second kappa shape index (κ2) is 4.17. The van der Waals surface area contributed by atoms with Crippen molar-refractivity contribution in [2.45, 2.75) is 39.7 Å². The lowest BCUT2D eigenvalue weighted by molar-refractivity contribution is 0.0886. The Morgan fingerprint density at radius 1 is 1.60 bits per heavy atom. The van der Waals surface area contributed by atoms with Crippen molar-refractivity contribution in [1.29, 1.82) is 0 Å².